The molecular weight excluding hydrogens is 347 g/mol. The molecule has 0 bridgehead atoms. The van der Waals surface area contributed by atoms with Gasteiger partial charge < -0.3 is 14.5 Å². The second kappa shape index (κ2) is 7.49. The topological polar surface area (TPSA) is 49.9 Å². The van der Waals surface area contributed by atoms with Crippen LogP contribution in [0.5, 0.6) is 5.75 Å². The van der Waals surface area contributed by atoms with E-state index in [1.54, 1.807) is 12.1 Å². The number of piperidine rings is 2. The van der Waals surface area contributed by atoms with Crippen molar-refractivity contribution < 1.29 is 18.7 Å². The van der Waals surface area contributed by atoms with Crippen molar-refractivity contribution in [1.82, 2.24) is 9.80 Å². The highest BCUT2D eigenvalue weighted by Gasteiger charge is 2.42. The van der Waals surface area contributed by atoms with Gasteiger partial charge in [-0.05, 0) is 55.6 Å². The Kier molecular flexibility index (Phi) is 5.06. The predicted octanol–water partition coefficient (Wildman–Crippen LogP) is 2.85. The summed E-state index contributed by atoms with van der Waals surface area (Å²) in [5.74, 6) is 0.955. The van der Waals surface area contributed by atoms with Gasteiger partial charge in [-0.25, -0.2) is 4.39 Å². The molecule has 146 valence electrons. The molecule has 5 nitrogen and oxygen atoms in total. The lowest BCUT2D eigenvalue weighted by molar-refractivity contribution is -0.143. The third kappa shape index (κ3) is 4.42. The maximum Gasteiger partial charge on any atom is 0.260 e. The van der Waals surface area contributed by atoms with Gasteiger partial charge in [0.15, 0.2) is 6.61 Å². The van der Waals surface area contributed by atoms with Crippen molar-refractivity contribution in [2.75, 3.05) is 32.8 Å². The number of hydrogen-bond donors (Lipinski definition) is 0. The molecule has 3 aliphatic rings. The van der Waals surface area contributed by atoms with Crippen molar-refractivity contribution >= 4 is 11.8 Å². The minimum Gasteiger partial charge on any atom is -0.484 e. The zero-order valence-corrected chi connectivity index (χ0v) is 15.7. The first kappa shape index (κ1) is 18.3. The van der Waals surface area contributed by atoms with Gasteiger partial charge in [0.1, 0.15) is 11.6 Å². The molecule has 1 saturated carbocycles. The molecule has 1 aliphatic carbocycles. The summed E-state index contributed by atoms with van der Waals surface area (Å²) in [7, 11) is 0. The maximum absolute atomic E-state index is 13.2. The van der Waals surface area contributed by atoms with Crippen LogP contribution in [0, 0.1) is 17.2 Å². The van der Waals surface area contributed by atoms with E-state index >= 15 is 0 Å². The summed E-state index contributed by atoms with van der Waals surface area (Å²) in [6.07, 6.45) is 5.97. The van der Waals surface area contributed by atoms with Gasteiger partial charge in [-0.15, -0.1) is 0 Å². The van der Waals surface area contributed by atoms with Crippen LogP contribution in [0.3, 0.4) is 0 Å². The lowest BCUT2D eigenvalue weighted by Crippen LogP contribution is -2.53. The molecule has 0 N–H and O–H groups in total. The normalized spacial score (nSPS) is 22.2. The van der Waals surface area contributed by atoms with Crippen LogP contribution in [0.15, 0.2) is 24.3 Å². The van der Waals surface area contributed by atoms with Gasteiger partial charge in [0.25, 0.3) is 5.91 Å². The van der Waals surface area contributed by atoms with E-state index in [1.807, 2.05) is 4.90 Å². The van der Waals surface area contributed by atoms with E-state index in [0.717, 1.165) is 32.4 Å². The molecule has 1 aromatic carbocycles. The van der Waals surface area contributed by atoms with Gasteiger partial charge >= 0.3 is 0 Å². The lowest BCUT2D eigenvalue weighted by Gasteiger charge is -2.47. The zero-order valence-electron chi connectivity index (χ0n) is 15.7. The molecule has 1 spiro atoms. The van der Waals surface area contributed by atoms with Crippen LogP contribution in [0.2, 0.25) is 0 Å². The second-order valence-corrected chi connectivity index (χ2v) is 8.34. The SMILES string of the molecule is O=C(COc1cccc(F)c1)N1CCC2(CCC(=O)N(CC3CC3)C2)CC1. The standard InChI is InChI=1S/C21H27FN2O3/c22-17-2-1-3-18(12-17)27-14-20(26)23-10-8-21(9-11-23)7-6-19(25)24(15-21)13-16-4-5-16/h1-3,12,16H,4-11,13-15H2. The molecule has 2 saturated heterocycles. The van der Waals surface area contributed by atoms with Gasteiger partial charge in [0.2, 0.25) is 5.91 Å². The number of hydrogen-bond acceptors (Lipinski definition) is 3. The highest BCUT2D eigenvalue weighted by molar-refractivity contribution is 5.78. The molecule has 2 heterocycles. The van der Waals surface area contributed by atoms with Crippen molar-refractivity contribution in [2.45, 2.75) is 38.5 Å². The highest BCUT2D eigenvalue weighted by Crippen LogP contribution is 2.41. The Morgan fingerprint density at radius 3 is 2.70 bits per heavy atom. The van der Waals surface area contributed by atoms with Crippen LogP contribution in [0.25, 0.3) is 0 Å². The van der Waals surface area contributed by atoms with E-state index in [2.05, 4.69) is 4.90 Å². The molecule has 2 amide bonds. The molecule has 3 fully saturated rings. The molecule has 6 heteroatoms. The van der Waals surface area contributed by atoms with Crippen LogP contribution in [0.1, 0.15) is 38.5 Å². The Labute approximate surface area is 159 Å². The average Bonchev–Trinajstić information content (AvgIpc) is 3.48. The summed E-state index contributed by atoms with van der Waals surface area (Å²) in [6, 6.07) is 5.85. The molecule has 27 heavy (non-hydrogen) atoms. The number of carbonyl (C=O) groups is 2. The van der Waals surface area contributed by atoms with Crippen LogP contribution < -0.4 is 4.74 Å². The van der Waals surface area contributed by atoms with Crippen molar-refractivity contribution in [3.8, 4) is 5.75 Å². The number of nitrogens with zero attached hydrogens (tertiary/aromatic N) is 2. The minimum atomic E-state index is -0.373. The molecule has 2 aliphatic heterocycles. The predicted molar refractivity (Wildman–Crippen MR) is 98.7 cm³/mol. The number of rotatable bonds is 5. The molecule has 0 aromatic heterocycles. The van der Waals surface area contributed by atoms with Gasteiger partial charge in [-0.3, -0.25) is 9.59 Å². The second-order valence-electron chi connectivity index (χ2n) is 8.34. The Bertz CT molecular complexity index is 711. The van der Waals surface area contributed by atoms with Gasteiger partial charge in [0, 0.05) is 38.7 Å². The van der Waals surface area contributed by atoms with Crippen LogP contribution in [-0.4, -0.2) is 54.4 Å². The first-order valence-electron chi connectivity index (χ1n) is 9.97. The first-order valence-corrected chi connectivity index (χ1v) is 9.97. The van der Waals surface area contributed by atoms with Crippen molar-refractivity contribution in [1.29, 1.82) is 0 Å². The summed E-state index contributed by atoms with van der Waals surface area (Å²) in [4.78, 5) is 28.6. The average molecular weight is 374 g/mol. The van der Waals surface area contributed by atoms with Crippen molar-refractivity contribution in [3.05, 3.63) is 30.1 Å². The molecule has 0 unspecified atom stereocenters. The van der Waals surface area contributed by atoms with Crippen molar-refractivity contribution in [3.63, 3.8) is 0 Å². The molecular formula is C21H27FN2O3. The number of amides is 2. The van der Waals surface area contributed by atoms with E-state index in [9.17, 15) is 14.0 Å². The minimum absolute atomic E-state index is 0.0594. The Hall–Kier alpha value is -2.11. The Morgan fingerprint density at radius 2 is 2.00 bits per heavy atom. The number of likely N-dealkylation sites (tertiary alicyclic amines) is 2. The molecule has 4 rings (SSSR count). The number of halogens is 1. The number of benzene rings is 1. The van der Waals surface area contributed by atoms with E-state index in [1.165, 1.54) is 25.0 Å². The highest BCUT2D eigenvalue weighted by atomic mass is 19.1. The largest absolute Gasteiger partial charge is 0.484 e. The van der Waals surface area contributed by atoms with E-state index in [0.29, 0.717) is 37.1 Å². The van der Waals surface area contributed by atoms with Gasteiger partial charge in [0.05, 0.1) is 0 Å². The molecule has 0 radical (unpaired) electrons. The summed E-state index contributed by atoms with van der Waals surface area (Å²) < 4.78 is 18.6. The van der Waals surface area contributed by atoms with Crippen LogP contribution in [0.4, 0.5) is 4.39 Å². The smallest absolute Gasteiger partial charge is 0.260 e. The first-order chi connectivity index (χ1) is 13.0. The fraction of sp³-hybridized carbons (Fsp3) is 0.619. The summed E-state index contributed by atoms with van der Waals surface area (Å²) in [5.41, 5.74) is 0.170. The fourth-order valence-electron chi connectivity index (χ4n) is 4.31. The molecule has 1 aromatic rings. The van der Waals surface area contributed by atoms with Crippen molar-refractivity contribution in [2.24, 2.45) is 11.3 Å². The van der Waals surface area contributed by atoms with E-state index < -0.39 is 0 Å². The maximum atomic E-state index is 13.2. The van der Waals surface area contributed by atoms with Crippen LogP contribution in [-0.2, 0) is 9.59 Å². The lowest BCUT2D eigenvalue weighted by atomic mass is 9.72. The quantitative estimate of drug-likeness (QED) is 0.796. The van der Waals surface area contributed by atoms with Gasteiger partial charge in [-0.2, -0.15) is 0 Å². The van der Waals surface area contributed by atoms with Crippen LogP contribution >= 0.6 is 0 Å². The number of ether oxygens (including phenoxy) is 1. The molecule has 0 atom stereocenters. The summed E-state index contributed by atoms with van der Waals surface area (Å²) in [5, 5.41) is 0. The monoisotopic (exact) mass is 374 g/mol. The third-order valence-corrected chi connectivity index (χ3v) is 6.26. The van der Waals surface area contributed by atoms with E-state index in [4.69, 9.17) is 4.74 Å². The van der Waals surface area contributed by atoms with Gasteiger partial charge in [-0.1, -0.05) is 6.07 Å². The summed E-state index contributed by atoms with van der Waals surface area (Å²) in [6.45, 7) is 3.12. The zero-order chi connectivity index (χ0) is 18.9. The fourth-order valence-corrected chi connectivity index (χ4v) is 4.31. The Morgan fingerprint density at radius 1 is 1.22 bits per heavy atom. The third-order valence-electron chi connectivity index (χ3n) is 6.26. The number of carbonyl (C=O) groups excluding carboxylic acids is 2. The summed E-state index contributed by atoms with van der Waals surface area (Å²) >= 11 is 0. The van der Waals surface area contributed by atoms with E-state index in [-0.39, 0.29) is 23.7 Å². The Balaban J connectivity index is 1.27.